The highest BCUT2D eigenvalue weighted by molar-refractivity contribution is 7.00. The van der Waals surface area contributed by atoms with Gasteiger partial charge in [-0.05, 0) is 60.5 Å². The first-order valence-corrected chi connectivity index (χ1v) is 25.5. The van der Waals surface area contributed by atoms with E-state index < -0.39 is 45.2 Å². The Morgan fingerprint density at radius 1 is 0.672 bits per heavy atom. The van der Waals surface area contributed by atoms with E-state index in [4.69, 9.17) is 23.1 Å². The number of ether oxygens (including phenoxy) is 3. The zero-order valence-electron chi connectivity index (χ0n) is 38.5. The van der Waals surface area contributed by atoms with E-state index in [-0.39, 0.29) is 18.1 Å². The van der Waals surface area contributed by atoms with Crippen LogP contribution in [0, 0.1) is 0 Å². The van der Waals surface area contributed by atoms with Crippen molar-refractivity contribution in [2.45, 2.75) is 77.2 Å². The van der Waals surface area contributed by atoms with Gasteiger partial charge >= 0.3 is 11.7 Å². The molecule has 0 N–H and O–H groups in total. The van der Waals surface area contributed by atoms with Crippen molar-refractivity contribution in [3.8, 4) is 5.75 Å². The first-order chi connectivity index (χ1) is 30.7. The van der Waals surface area contributed by atoms with Crippen molar-refractivity contribution in [1.82, 2.24) is 0 Å². The largest absolute Gasteiger partial charge is 0.497 e. The van der Waals surface area contributed by atoms with Crippen molar-refractivity contribution in [3.05, 3.63) is 180 Å². The van der Waals surface area contributed by atoms with Crippen LogP contribution in [-0.4, -0.2) is 72.4 Å². The zero-order chi connectivity index (χ0) is 46.2. The van der Waals surface area contributed by atoms with E-state index in [1.165, 1.54) is 0 Å². The van der Waals surface area contributed by atoms with Gasteiger partial charge in [0.15, 0.2) is 0 Å². The monoisotopic (exact) mass is 894 g/mol. The quantitative estimate of drug-likeness (QED) is 0.0106. The second kappa shape index (κ2) is 22.7. The molecule has 0 heterocycles. The summed E-state index contributed by atoms with van der Waals surface area (Å²) in [4.78, 5) is 30.2. The van der Waals surface area contributed by atoms with Crippen molar-refractivity contribution >= 4 is 54.8 Å². The highest BCUT2D eigenvalue weighted by atomic mass is 28.4. The summed E-state index contributed by atoms with van der Waals surface area (Å²) in [5, 5.41) is 3.57. The average Bonchev–Trinajstić information content (AvgIpc) is 3.30. The number of carbonyl (C=O) groups excluding carboxylic acids is 2. The maximum atomic E-state index is 14.3. The smallest absolute Gasteiger partial charge is 0.441 e. The number of methoxy groups -OCH3 is 2. The van der Waals surface area contributed by atoms with E-state index in [1.54, 1.807) is 7.11 Å². The number of benzene rings is 5. The lowest BCUT2D eigenvalue weighted by molar-refractivity contribution is -0.139. The van der Waals surface area contributed by atoms with Crippen LogP contribution >= 0.6 is 0 Å². The number of nitrogens with zero attached hydrogens (tertiary/aromatic N) is 2. The summed E-state index contributed by atoms with van der Waals surface area (Å²) in [5.41, 5.74) is 11.1. The Labute approximate surface area is 381 Å². The molecule has 11 heteroatoms. The van der Waals surface area contributed by atoms with Gasteiger partial charge in [0.2, 0.25) is 0 Å². The lowest BCUT2D eigenvalue weighted by Gasteiger charge is -2.46. The molecule has 334 valence electrons. The van der Waals surface area contributed by atoms with E-state index in [0.717, 1.165) is 44.7 Å². The minimum Gasteiger partial charge on any atom is -0.497 e. The maximum absolute atomic E-state index is 14.3. The summed E-state index contributed by atoms with van der Waals surface area (Å²) in [6.07, 6.45) is 4.94. The molecule has 5 aromatic rings. The van der Waals surface area contributed by atoms with E-state index in [0.29, 0.717) is 19.6 Å². The third-order valence-corrected chi connectivity index (χ3v) is 21.6. The first kappa shape index (κ1) is 49.2. The molecule has 0 aliphatic heterocycles. The maximum Gasteiger partial charge on any atom is 0.441 e. The fourth-order valence-electron chi connectivity index (χ4n) is 8.37. The van der Waals surface area contributed by atoms with Crippen molar-refractivity contribution in [2.75, 3.05) is 27.4 Å². The normalized spacial score (nSPS) is 13.0. The van der Waals surface area contributed by atoms with Gasteiger partial charge in [-0.15, -0.1) is 0 Å². The van der Waals surface area contributed by atoms with Gasteiger partial charge in [-0.2, -0.15) is 4.79 Å². The number of esters is 1. The van der Waals surface area contributed by atoms with E-state index in [1.807, 2.05) is 91.0 Å². The van der Waals surface area contributed by atoms with Gasteiger partial charge in [0.1, 0.15) is 5.75 Å². The number of rotatable bonds is 21. The SMILES string of the molecule is COC(=O)C(=[N+]=[N-])C(=O)CC(O[Si](c1ccccc1)(c1ccccc1)C(C)(C)C)C(=C/C=C\COCc1ccc(OC)cc1)CCO[Si](c1ccccc1)(c1ccccc1)C(C)(C)C. The predicted molar refractivity (Wildman–Crippen MR) is 261 cm³/mol. The van der Waals surface area contributed by atoms with Crippen molar-refractivity contribution in [2.24, 2.45) is 0 Å². The second-order valence-electron chi connectivity index (χ2n) is 17.6. The Hall–Kier alpha value is -5.79. The molecular formula is C53H62N2O7Si2. The Morgan fingerprint density at radius 3 is 1.56 bits per heavy atom. The number of Topliss-reactive ketones (excluding diaryl/α,β-unsaturated/α-hetero) is 1. The fourth-order valence-corrected chi connectivity index (χ4v) is 17.6. The molecule has 0 radical (unpaired) electrons. The van der Waals surface area contributed by atoms with E-state index in [9.17, 15) is 15.1 Å². The van der Waals surface area contributed by atoms with Gasteiger partial charge < -0.3 is 28.6 Å². The molecule has 0 aliphatic rings. The topological polar surface area (TPSA) is 117 Å². The van der Waals surface area contributed by atoms with Gasteiger partial charge in [0.25, 0.3) is 22.4 Å². The molecule has 5 rings (SSSR count). The Kier molecular flexibility index (Phi) is 17.5. The molecule has 1 atom stereocenters. The molecule has 5 aromatic carbocycles. The molecule has 0 saturated heterocycles. The minimum absolute atomic E-state index is 0.283. The number of hydrogen-bond donors (Lipinski definition) is 0. The Balaban J connectivity index is 1.65. The lowest BCUT2D eigenvalue weighted by atomic mass is 9.99. The first-order valence-electron chi connectivity index (χ1n) is 21.7. The van der Waals surface area contributed by atoms with Gasteiger partial charge in [-0.1, -0.05) is 193 Å². The summed E-state index contributed by atoms with van der Waals surface area (Å²) in [7, 11) is -3.54. The van der Waals surface area contributed by atoms with Crippen molar-refractivity contribution in [1.29, 1.82) is 0 Å². The summed E-state index contributed by atoms with van der Waals surface area (Å²) >= 11 is 0. The molecule has 9 nitrogen and oxygen atoms in total. The highest BCUT2D eigenvalue weighted by Crippen LogP contribution is 2.40. The number of ketones is 1. The molecule has 0 aromatic heterocycles. The summed E-state index contributed by atoms with van der Waals surface area (Å²) in [6.45, 7) is 14.2. The summed E-state index contributed by atoms with van der Waals surface area (Å²) in [6, 6.07) is 49.0. The third-order valence-electron chi connectivity index (χ3n) is 11.5. The molecule has 0 bridgehead atoms. The van der Waals surface area contributed by atoms with Crippen LogP contribution in [0.1, 0.15) is 59.9 Å². The zero-order valence-corrected chi connectivity index (χ0v) is 40.5. The summed E-state index contributed by atoms with van der Waals surface area (Å²) in [5.74, 6) is -0.980. The predicted octanol–water partition coefficient (Wildman–Crippen LogP) is 8.41. The molecule has 0 fully saturated rings. The van der Waals surface area contributed by atoms with Crippen molar-refractivity contribution < 1.29 is 37.4 Å². The van der Waals surface area contributed by atoms with Crippen LogP contribution in [0.5, 0.6) is 5.75 Å². The van der Waals surface area contributed by atoms with Gasteiger partial charge in [0.05, 0.1) is 33.5 Å². The molecule has 0 saturated carbocycles. The molecule has 0 aliphatic carbocycles. The molecule has 64 heavy (non-hydrogen) atoms. The Morgan fingerprint density at radius 2 is 1.14 bits per heavy atom. The second-order valence-corrected chi connectivity index (χ2v) is 26.2. The van der Waals surface area contributed by atoms with Crippen LogP contribution in [0.3, 0.4) is 0 Å². The lowest BCUT2D eigenvalue weighted by Crippen LogP contribution is -2.68. The fraction of sp³-hybridized carbons (Fsp3) is 0.302. The Bertz CT molecular complexity index is 2290. The van der Waals surface area contributed by atoms with Crippen LogP contribution in [0.25, 0.3) is 5.53 Å². The molecule has 0 amide bonds. The van der Waals surface area contributed by atoms with Crippen LogP contribution in [0.15, 0.2) is 169 Å². The molecule has 0 spiro atoms. The average molecular weight is 895 g/mol. The number of hydrogen-bond acceptors (Lipinski definition) is 7. The van der Waals surface area contributed by atoms with Crippen LogP contribution in [0.4, 0.5) is 0 Å². The van der Waals surface area contributed by atoms with Crippen LogP contribution < -0.4 is 25.5 Å². The van der Waals surface area contributed by atoms with Crippen LogP contribution in [-0.2, 0) is 34.5 Å². The third kappa shape index (κ3) is 11.7. The van der Waals surface area contributed by atoms with Gasteiger partial charge in [-0.25, -0.2) is 4.79 Å². The van der Waals surface area contributed by atoms with Crippen molar-refractivity contribution in [3.63, 3.8) is 0 Å². The van der Waals surface area contributed by atoms with E-state index in [2.05, 4.69) is 119 Å². The van der Waals surface area contributed by atoms with Crippen LogP contribution in [0.2, 0.25) is 10.1 Å². The number of carbonyl (C=O) groups is 2. The summed E-state index contributed by atoms with van der Waals surface area (Å²) < 4.78 is 31.4. The van der Waals surface area contributed by atoms with E-state index >= 15 is 0 Å². The molecular weight excluding hydrogens is 833 g/mol. The minimum atomic E-state index is -3.34. The van der Waals surface area contributed by atoms with Gasteiger partial charge in [0, 0.05) is 13.0 Å². The molecule has 1 unspecified atom stereocenters. The highest BCUT2D eigenvalue weighted by Gasteiger charge is 2.53. The van der Waals surface area contributed by atoms with Gasteiger partial charge in [-0.3, -0.25) is 4.79 Å². The number of allylic oxidation sites excluding steroid dienone is 2. The standard InChI is InChI=1S/C53H62N2O7Si2/c1-52(2,3)63(44-24-13-9-14-25-44,45-26-15-10-16-27-45)61-38-36-42(23-21-22-37-60-40-41-32-34-43(58-7)35-33-41)49(39-48(56)50(55-54)51(57)59-8)62-64(53(4,5)6,46-28-17-11-18-29-46)47-30-19-12-20-31-47/h9-35,49H,36-40H2,1-8H3/b22-21-,42-23?.